The normalized spacial score (nSPS) is 17.8. The van der Waals surface area contributed by atoms with Gasteiger partial charge in [-0.2, -0.15) is 0 Å². The highest BCUT2D eigenvalue weighted by Crippen LogP contribution is 2.32. The molecular formula is C27H30N4O6. The predicted octanol–water partition coefficient (Wildman–Crippen LogP) is 2.56. The topological polar surface area (TPSA) is 134 Å². The van der Waals surface area contributed by atoms with Crippen molar-refractivity contribution in [3.63, 3.8) is 0 Å². The number of nitrogens with one attached hydrogen (secondary N) is 3. The fraction of sp³-hybridized carbons (Fsp3) is 0.370. The summed E-state index contributed by atoms with van der Waals surface area (Å²) in [6, 6.07) is 11.5. The van der Waals surface area contributed by atoms with Crippen LogP contribution in [0.4, 0.5) is 5.69 Å². The van der Waals surface area contributed by atoms with E-state index in [1.807, 2.05) is 31.2 Å². The van der Waals surface area contributed by atoms with Crippen molar-refractivity contribution in [2.24, 2.45) is 0 Å². The number of nitrogens with zero attached hydrogens (tertiary/aromatic N) is 1. The number of fused-ring (bicyclic) bond motifs is 1. The summed E-state index contributed by atoms with van der Waals surface area (Å²) in [5, 5.41) is 8.27. The highest BCUT2D eigenvalue weighted by atomic mass is 16.5. The van der Waals surface area contributed by atoms with Gasteiger partial charge in [-0.25, -0.2) is 0 Å². The van der Waals surface area contributed by atoms with E-state index < -0.39 is 29.7 Å². The van der Waals surface area contributed by atoms with E-state index in [1.54, 1.807) is 18.2 Å². The maximum Gasteiger partial charge on any atom is 0.264 e. The maximum atomic E-state index is 13.1. The molecule has 2 aliphatic heterocycles. The fourth-order valence-corrected chi connectivity index (χ4v) is 4.54. The lowest BCUT2D eigenvalue weighted by atomic mass is 10.0. The zero-order valence-corrected chi connectivity index (χ0v) is 20.8. The molecule has 0 aliphatic carbocycles. The molecule has 2 atom stereocenters. The van der Waals surface area contributed by atoms with Gasteiger partial charge in [0.15, 0.2) is 0 Å². The average Bonchev–Trinajstić information content (AvgIpc) is 3.12. The van der Waals surface area contributed by atoms with Crippen LogP contribution in [0.2, 0.25) is 0 Å². The van der Waals surface area contributed by atoms with Gasteiger partial charge in [-0.1, -0.05) is 18.2 Å². The van der Waals surface area contributed by atoms with Crippen molar-refractivity contribution in [3.05, 3.63) is 59.2 Å². The summed E-state index contributed by atoms with van der Waals surface area (Å²) >= 11 is 0. The molecule has 0 radical (unpaired) electrons. The first kappa shape index (κ1) is 25.9. The van der Waals surface area contributed by atoms with Crippen molar-refractivity contribution in [1.82, 2.24) is 15.5 Å². The van der Waals surface area contributed by atoms with Gasteiger partial charge in [-0.3, -0.25) is 34.2 Å². The first-order valence-electron chi connectivity index (χ1n) is 12.3. The van der Waals surface area contributed by atoms with E-state index in [0.29, 0.717) is 18.8 Å². The summed E-state index contributed by atoms with van der Waals surface area (Å²) in [4.78, 5) is 61.9. The van der Waals surface area contributed by atoms with Gasteiger partial charge in [-0.15, -0.1) is 0 Å². The molecule has 1 fully saturated rings. The van der Waals surface area contributed by atoms with E-state index in [0.717, 1.165) is 29.1 Å². The Morgan fingerprint density at radius 2 is 1.84 bits per heavy atom. The Bertz CT molecular complexity index is 1230. The van der Waals surface area contributed by atoms with Crippen LogP contribution in [0.15, 0.2) is 42.5 Å². The van der Waals surface area contributed by atoms with Crippen LogP contribution in [0.1, 0.15) is 71.9 Å². The number of carbonyl (C=O) groups is 5. The lowest BCUT2D eigenvalue weighted by Gasteiger charge is -2.27. The lowest BCUT2D eigenvalue weighted by Crippen LogP contribution is -2.54. The summed E-state index contributed by atoms with van der Waals surface area (Å²) in [7, 11) is 0. The molecule has 5 amide bonds. The third-order valence-electron chi connectivity index (χ3n) is 6.42. The number of hydrogen-bond acceptors (Lipinski definition) is 7. The van der Waals surface area contributed by atoms with E-state index >= 15 is 0 Å². The van der Waals surface area contributed by atoms with Crippen LogP contribution in [-0.4, -0.2) is 53.6 Å². The lowest BCUT2D eigenvalue weighted by molar-refractivity contribution is -0.136. The van der Waals surface area contributed by atoms with Crippen molar-refractivity contribution < 1.29 is 28.7 Å². The minimum absolute atomic E-state index is 0.0738. The molecule has 2 heterocycles. The number of unbranched alkanes of at least 4 members (excludes halogenated alkanes) is 1. The van der Waals surface area contributed by atoms with Gasteiger partial charge in [0, 0.05) is 25.6 Å². The smallest absolute Gasteiger partial charge is 0.264 e. The Kier molecular flexibility index (Phi) is 7.86. The highest BCUT2D eigenvalue weighted by molar-refractivity contribution is 6.25. The van der Waals surface area contributed by atoms with Crippen molar-refractivity contribution in [1.29, 1.82) is 0 Å². The van der Waals surface area contributed by atoms with Gasteiger partial charge in [-0.05, 0) is 56.0 Å². The van der Waals surface area contributed by atoms with Crippen LogP contribution in [0.3, 0.4) is 0 Å². The molecule has 4 rings (SSSR count). The molecule has 0 spiro atoms. The predicted molar refractivity (Wildman–Crippen MR) is 135 cm³/mol. The number of anilines is 1. The van der Waals surface area contributed by atoms with Crippen LogP contribution in [0, 0.1) is 0 Å². The van der Waals surface area contributed by atoms with E-state index in [4.69, 9.17) is 4.74 Å². The second-order valence-corrected chi connectivity index (χ2v) is 9.15. The Morgan fingerprint density at radius 1 is 1.08 bits per heavy atom. The third kappa shape index (κ3) is 5.79. The third-order valence-corrected chi connectivity index (χ3v) is 6.42. The van der Waals surface area contributed by atoms with Crippen molar-refractivity contribution in [2.75, 3.05) is 18.5 Å². The first-order valence-corrected chi connectivity index (χ1v) is 12.3. The molecule has 0 saturated carbocycles. The molecule has 3 N–H and O–H groups in total. The maximum absolute atomic E-state index is 13.1. The molecule has 10 nitrogen and oxygen atoms in total. The summed E-state index contributed by atoms with van der Waals surface area (Å²) in [5.74, 6) is -1.43. The average molecular weight is 507 g/mol. The molecule has 2 aliphatic rings. The van der Waals surface area contributed by atoms with Crippen LogP contribution in [0.5, 0.6) is 5.75 Å². The van der Waals surface area contributed by atoms with E-state index in [-0.39, 0.29) is 35.9 Å². The number of hydrogen-bond donors (Lipinski definition) is 3. The number of amides is 5. The van der Waals surface area contributed by atoms with Crippen LogP contribution >= 0.6 is 0 Å². The van der Waals surface area contributed by atoms with Crippen LogP contribution in [0.25, 0.3) is 0 Å². The number of rotatable bonds is 10. The number of imide groups is 2. The number of ether oxygens (including phenoxy) is 1. The Morgan fingerprint density at radius 3 is 2.54 bits per heavy atom. The highest BCUT2D eigenvalue weighted by Gasteiger charge is 2.45. The minimum Gasteiger partial charge on any atom is -0.494 e. The number of benzene rings is 2. The standard InChI is InChI=1S/C27H30N4O6/c1-16(29-17(2)32)18-8-10-19(11-9-18)37-15-4-3-14-28-21-7-5-6-20-24(21)27(36)31(26(20)35)22-12-13-23(33)30-25(22)34/h5-11,16,22,28H,3-4,12-15H2,1-2H3,(H,29,32)(H,30,33,34)/t16-,22?/m0/s1. The van der Waals surface area contributed by atoms with E-state index in [9.17, 15) is 24.0 Å². The van der Waals surface area contributed by atoms with Crippen LogP contribution in [-0.2, 0) is 14.4 Å². The van der Waals surface area contributed by atoms with Gasteiger partial charge in [0.25, 0.3) is 11.8 Å². The molecule has 10 heteroatoms. The molecule has 1 unspecified atom stereocenters. The molecule has 37 heavy (non-hydrogen) atoms. The summed E-state index contributed by atoms with van der Waals surface area (Å²) in [6.07, 6.45) is 1.73. The SMILES string of the molecule is CC(=O)N[C@@H](C)c1ccc(OCCCCNc2cccc3c2C(=O)N(C2CCC(=O)NC2=O)C3=O)cc1. The van der Waals surface area contributed by atoms with Crippen molar-refractivity contribution in [2.45, 2.75) is 51.6 Å². The Balaban J connectivity index is 1.27. The molecule has 2 aromatic carbocycles. The largest absolute Gasteiger partial charge is 0.494 e. The Hall–Kier alpha value is -4.21. The molecular weight excluding hydrogens is 476 g/mol. The van der Waals surface area contributed by atoms with Crippen molar-refractivity contribution in [3.8, 4) is 5.75 Å². The summed E-state index contributed by atoms with van der Waals surface area (Å²) in [5.41, 5.74) is 2.03. The van der Waals surface area contributed by atoms with Crippen molar-refractivity contribution >= 4 is 35.2 Å². The van der Waals surface area contributed by atoms with Gasteiger partial charge in [0.2, 0.25) is 17.7 Å². The first-order chi connectivity index (χ1) is 17.8. The second-order valence-electron chi connectivity index (χ2n) is 9.15. The van der Waals surface area contributed by atoms with E-state index in [1.165, 1.54) is 6.92 Å². The van der Waals surface area contributed by atoms with Gasteiger partial charge < -0.3 is 15.4 Å². The van der Waals surface area contributed by atoms with Gasteiger partial charge in [0.1, 0.15) is 11.8 Å². The van der Waals surface area contributed by atoms with Crippen LogP contribution < -0.4 is 20.7 Å². The van der Waals surface area contributed by atoms with E-state index in [2.05, 4.69) is 16.0 Å². The zero-order chi connectivity index (χ0) is 26.5. The molecule has 2 aromatic rings. The fourth-order valence-electron chi connectivity index (χ4n) is 4.54. The summed E-state index contributed by atoms with van der Waals surface area (Å²) in [6.45, 7) is 4.48. The molecule has 1 saturated heterocycles. The molecule has 194 valence electrons. The van der Waals surface area contributed by atoms with Gasteiger partial charge >= 0.3 is 0 Å². The summed E-state index contributed by atoms with van der Waals surface area (Å²) < 4.78 is 5.80. The second kappa shape index (κ2) is 11.2. The quantitative estimate of drug-likeness (QED) is 0.333. The molecule has 0 aromatic heterocycles. The zero-order valence-electron chi connectivity index (χ0n) is 20.8. The number of piperidine rings is 1. The number of carbonyl (C=O) groups excluding carboxylic acids is 5. The molecule has 0 bridgehead atoms. The van der Waals surface area contributed by atoms with Gasteiger partial charge in [0.05, 0.1) is 23.8 Å². The minimum atomic E-state index is -0.988. The monoisotopic (exact) mass is 506 g/mol. The Labute approximate surface area is 214 Å².